The molecule has 8 rings (SSSR count). The van der Waals surface area contributed by atoms with Gasteiger partial charge in [0.1, 0.15) is 11.2 Å². The molecule has 232 valence electrons. The number of thiophene rings is 1. The van der Waals surface area contributed by atoms with Crippen molar-refractivity contribution < 1.29 is 4.42 Å². The predicted octanol–water partition coefficient (Wildman–Crippen LogP) is 11.9. The lowest BCUT2D eigenvalue weighted by molar-refractivity contribution is 0.670. The number of furan rings is 1. The molecule has 6 heteroatoms. The predicted molar refractivity (Wildman–Crippen MR) is 209 cm³/mol. The summed E-state index contributed by atoms with van der Waals surface area (Å²) in [5, 5.41) is 13.6. The van der Waals surface area contributed by atoms with E-state index in [0.29, 0.717) is 0 Å². The first-order chi connectivity index (χ1) is 23.2. The summed E-state index contributed by atoms with van der Waals surface area (Å²) in [5.74, 6) is 0. The lowest BCUT2D eigenvalue weighted by Gasteiger charge is -2.12. The summed E-state index contributed by atoms with van der Waals surface area (Å²) in [6, 6.07) is 41.2. The summed E-state index contributed by atoms with van der Waals surface area (Å²) in [5.41, 5.74) is 13.5. The van der Waals surface area contributed by atoms with E-state index in [2.05, 4.69) is 151 Å². The van der Waals surface area contributed by atoms with E-state index in [1.54, 1.807) is 0 Å². The molecule has 0 saturated carbocycles. The first-order valence-electron chi connectivity index (χ1n) is 15.7. The molecule has 2 aromatic heterocycles. The lowest BCUT2D eigenvalue weighted by Crippen LogP contribution is -2.12. The molecule has 3 heterocycles. The molecule has 3 nitrogen and oxygen atoms in total. The Hall–Kier alpha value is -4.49. The van der Waals surface area contributed by atoms with Crippen LogP contribution in [0.25, 0.3) is 72.1 Å². The molecule has 0 spiro atoms. The molecule has 7 aromatic rings. The van der Waals surface area contributed by atoms with Crippen molar-refractivity contribution in [1.82, 2.24) is 5.32 Å². The number of nitrogens with one attached hydrogen (secondary N) is 2. The number of allylic oxidation sites excluding steroid dienone is 1. The van der Waals surface area contributed by atoms with Gasteiger partial charge in [-0.2, -0.15) is 0 Å². The Kier molecular flexibility index (Phi) is 9.07. The number of thiol groups is 2. The van der Waals surface area contributed by atoms with E-state index in [0.717, 1.165) is 58.1 Å². The molecule has 0 bridgehead atoms. The highest BCUT2D eigenvalue weighted by Crippen LogP contribution is 2.45. The number of benzene rings is 5. The number of fused-ring (bicyclic) bond motifs is 4. The summed E-state index contributed by atoms with van der Waals surface area (Å²) < 4.78 is 6.68. The average molecular weight is 667 g/mol. The highest BCUT2D eigenvalue weighted by molar-refractivity contribution is 8.59. The molecule has 0 fully saturated rings. The van der Waals surface area contributed by atoms with Crippen LogP contribution in [0.5, 0.6) is 0 Å². The molecule has 1 aliphatic heterocycles. The highest BCUT2D eigenvalue weighted by atomic mass is 33.1. The van der Waals surface area contributed by atoms with Gasteiger partial charge in [0, 0.05) is 55.7 Å². The molecule has 0 atom stereocenters. The van der Waals surface area contributed by atoms with Crippen LogP contribution in [0.2, 0.25) is 0 Å². The summed E-state index contributed by atoms with van der Waals surface area (Å²) in [6.07, 6.45) is 5.39. The quantitative estimate of drug-likeness (QED) is 0.0839. The lowest BCUT2D eigenvalue weighted by atomic mass is 9.92. The second kappa shape index (κ2) is 13.7. The van der Waals surface area contributed by atoms with Crippen molar-refractivity contribution in [2.45, 2.75) is 19.8 Å². The van der Waals surface area contributed by atoms with E-state index in [1.807, 2.05) is 17.4 Å². The van der Waals surface area contributed by atoms with Gasteiger partial charge in [0.15, 0.2) is 0 Å². The van der Waals surface area contributed by atoms with Crippen molar-refractivity contribution in [3.8, 4) is 44.5 Å². The molecule has 1 aliphatic rings. The average Bonchev–Trinajstić information content (AvgIpc) is 3.60. The fourth-order valence-corrected chi connectivity index (χ4v) is 7.98. The van der Waals surface area contributed by atoms with Crippen LogP contribution in [-0.4, -0.2) is 12.8 Å². The second-order valence-electron chi connectivity index (χ2n) is 11.6. The Morgan fingerprint density at radius 1 is 0.702 bits per heavy atom. The Bertz CT molecular complexity index is 2190. The van der Waals surface area contributed by atoms with E-state index < -0.39 is 0 Å². The minimum atomic E-state index is 0.885. The number of hydrogen-bond donors (Lipinski definition) is 4. The largest absolute Gasteiger partial charge is 0.455 e. The van der Waals surface area contributed by atoms with Crippen molar-refractivity contribution in [1.29, 1.82) is 5.41 Å². The number of rotatable bonds is 5. The third-order valence-corrected chi connectivity index (χ3v) is 9.98. The van der Waals surface area contributed by atoms with E-state index in [4.69, 9.17) is 9.83 Å². The summed E-state index contributed by atoms with van der Waals surface area (Å²) in [4.78, 5) is 2.66. The fraction of sp³-hybridized carbons (Fsp3) is 0.0976. The van der Waals surface area contributed by atoms with Crippen molar-refractivity contribution in [3.05, 3.63) is 137 Å². The van der Waals surface area contributed by atoms with E-state index in [1.165, 1.54) is 54.9 Å². The molecule has 2 N–H and O–H groups in total. The molecule has 0 saturated heterocycles. The van der Waals surface area contributed by atoms with Gasteiger partial charge in [0.25, 0.3) is 0 Å². The molecule has 47 heavy (non-hydrogen) atoms. The first-order valence-corrected chi connectivity index (χ1v) is 18.1. The van der Waals surface area contributed by atoms with Crippen LogP contribution in [0, 0.1) is 12.3 Å². The molecule has 0 unspecified atom stereocenters. The van der Waals surface area contributed by atoms with Gasteiger partial charge in [-0.1, -0.05) is 84.9 Å². The zero-order chi connectivity index (χ0) is 32.3. The maximum Gasteiger partial charge on any atom is 0.143 e. The number of hydrogen-bond acceptors (Lipinski definition) is 6. The standard InChI is InChI=1S/C41H32N2OS.H2S2/c1-26-39(40-36(19-20-42)43-21-9-16-38(40)45-26)34-15-8-14-33-35-25-29(17-18-37(35)44-41(33)34)32-23-30(27-10-4-2-5-11-27)22-31(24-32)28-12-6-3-7-13-28;1-2/h2-8,10-15,17-20,22-25,42-43H,9,16,21H2,1H3;1-2H/b36-19-,42-20?;. The van der Waals surface area contributed by atoms with Gasteiger partial charge in [-0.3, -0.25) is 0 Å². The van der Waals surface area contributed by atoms with Crippen molar-refractivity contribution in [2.75, 3.05) is 6.54 Å². The highest BCUT2D eigenvalue weighted by Gasteiger charge is 2.25. The molecule has 5 aromatic carbocycles. The maximum atomic E-state index is 7.80. The maximum absolute atomic E-state index is 7.80. The van der Waals surface area contributed by atoms with Crippen LogP contribution in [-0.2, 0) is 6.42 Å². The Morgan fingerprint density at radius 2 is 1.36 bits per heavy atom. The Morgan fingerprint density at radius 3 is 2.02 bits per heavy atom. The Balaban J connectivity index is 0.00000172. The third-order valence-electron chi connectivity index (χ3n) is 8.82. The molecule has 0 aliphatic carbocycles. The van der Waals surface area contributed by atoms with Crippen molar-refractivity contribution >= 4 is 68.5 Å². The zero-order valence-corrected chi connectivity index (χ0v) is 28.6. The SMILES string of the molecule is Cc1sc2c(c1-c1cccc3c1oc1ccc(-c4cc(-c5ccccc5)cc(-c5ccccc5)c4)cc13)/C(=C/C=N)NCCC2.SS. The van der Waals surface area contributed by atoms with Gasteiger partial charge >= 0.3 is 0 Å². The smallest absolute Gasteiger partial charge is 0.143 e. The first kappa shape index (κ1) is 31.1. The topological polar surface area (TPSA) is 49.0 Å². The summed E-state index contributed by atoms with van der Waals surface area (Å²) >= 11 is 8.32. The summed E-state index contributed by atoms with van der Waals surface area (Å²) in [7, 11) is 0. The molecular weight excluding hydrogens is 633 g/mol. The van der Waals surface area contributed by atoms with Gasteiger partial charge in [-0.25, -0.2) is 0 Å². The van der Waals surface area contributed by atoms with Crippen molar-refractivity contribution in [2.24, 2.45) is 0 Å². The van der Waals surface area contributed by atoms with E-state index in [9.17, 15) is 0 Å². The van der Waals surface area contributed by atoms with Crippen LogP contribution in [0.1, 0.15) is 21.7 Å². The van der Waals surface area contributed by atoms with Crippen LogP contribution >= 0.6 is 34.7 Å². The number of aryl methyl sites for hydroxylation is 2. The number of para-hydroxylation sites is 1. The third kappa shape index (κ3) is 5.93. The minimum Gasteiger partial charge on any atom is -0.455 e. The molecule has 0 amide bonds. The Labute approximate surface area is 289 Å². The fourth-order valence-electron chi connectivity index (χ4n) is 6.74. The van der Waals surface area contributed by atoms with Gasteiger partial charge in [-0.05, 0) is 89.6 Å². The van der Waals surface area contributed by atoms with Gasteiger partial charge < -0.3 is 15.1 Å². The monoisotopic (exact) mass is 666 g/mol. The van der Waals surface area contributed by atoms with E-state index in [-0.39, 0.29) is 0 Å². The van der Waals surface area contributed by atoms with Gasteiger partial charge in [0.2, 0.25) is 0 Å². The van der Waals surface area contributed by atoms with E-state index >= 15 is 0 Å². The van der Waals surface area contributed by atoms with Gasteiger partial charge in [-0.15, -0.1) is 34.7 Å². The summed E-state index contributed by atoms with van der Waals surface area (Å²) in [6.45, 7) is 3.12. The minimum absolute atomic E-state index is 0.885. The van der Waals surface area contributed by atoms with Gasteiger partial charge in [0.05, 0.1) is 0 Å². The second-order valence-corrected chi connectivity index (χ2v) is 12.9. The van der Waals surface area contributed by atoms with Crippen LogP contribution in [0.4, 0.5) is 0 Å². The zero-order valence-electron chi connectivity index (χ0n) is 26.0. The molecule has 0 radical (unpaired) electrons. The molecular formula is C41H34N2OS3. The normalized spacial score (nSPS) is 13.5. The van der Waals surface area contributed by atoms with Crippen LogP contribution < -0.4 is 5.32 Å². The van der Waals surface area contributed by atoms with Crippen LogP contribution in [0.15, 0.2) is 126 Å². The van der Waals surface area contributed by atoms with Crippen LogP contribution in [0.3, 0.4) is 0 Å². The van der Waals surface area contributed by atoms with Crippen molar-refractivity contribution in [3.63, 3.8) is 0 Å².